The predicted octanol–water partition coefficient (Wildman–Crippen LogP) is 3.05. The Labute approximate surface area is 152 Å². The van der Waals surface area contributed by atoms with Gasteiger partial charge in [0.05, 0.1) is 29.0 Å². The first kappa shape index (κ1) is 16.7. The van der Waals surface area contributed by atoms with Crippen LogP contribution in [0.5, 0.6) is 0 Å². The Bertz CT molecular complexity index is 1100. The van der Waals surface area contributed by atoms with E-state index in [0.717, 1.165) is 27.9 Å². The maximum atomic E-state index is 12.4. The Morgan fingerprint density at radius 3 is 2.50 bits per heavy atom. The summed E-state index contributed by atoms with van der Waals surface area (Å²) in [4.78, 5) is 8.74. The van der Waals surface area contributed by atoms with Crippen molar-refractivity contribution in [2.75, 3.05) is 6.26 Å². The molecule has 0 aliphatic carbocycles. The van der Waals surface area contributed by atoms with Crippen molar-refractivity contribution in [3.63, 3.8) is 0 Å². The van der Waals surface area contributed by atoms with Gasteiger partial charge in [0.25, 0.3) is 0 Å². The Hall–Kier alpha value is -2.80. The minimum absolute atomic E-state index is 0.429. The molecule has 4 rings (SSSR count). The van der Waals surface area contributed by atoms with E-state index in [4.69, 9.17) is 0 Å². The number of aromatic nitrogens is 2. The van der Waals surface area contributed by atoms with E-state index in [1.807, 2.05) is 49.4 Å². The highest BCUT2D eigenvalue weighted by Gasteiger charge is 2.35. The second-order valence-corrected chi connectivity index (χ2v) is 8.28. The van der Waals surface area contributed by atoms with Crippen LogP contribution in [-0.4, -0.2) is 34.8 Å². The number of fused-ring (bicyclic) bond motifs is 1. The molecule has 26 heavy (non-hydrogen) atoms. The first-order valence-corrected chi connectivity index (χ1v) is 10.1. The van der Waals surface area contributed by atoms with Crippen LogP contribution in [0.25, 0.3) is 11.0 Å². The lowest BCUT2D eigenvalue weighted by atomic mass is 9.97. The van der Waals surface area contributed by atoms with E-state index in [1.54, 1.807) is 12.4 Å². The second-order valence-electron chi connectivity index (χ2n) is 6.44. The van der Waals surface area contributed by atoms with Crippen LogP contribution in [0, 0.1) is 6.92 Å². The van der Waals surface area contributed by atoms with Crippen molar-refractivity contribution in [1.82, 2.24) is 14.4 Å². The Morgan fingerprint density at radius 2 is 1.77 bits per heavy atom. The Balaban J connectivity index is 1.82. The molecule has 2 aromatic carbocycles. The third kappa shape index (κ3) is 2.94. The highest BCUT2D eigenvalue weighted by atomic mass is 32.2. The van der Waals surface area contributed by atoms with Crippen LogP contribution >= 0.6 is 0 Å². The summed E-state index contributed by atoms with van der Waals surface area (Å²) in [6.45, 7) is 2.01. The summed E-state index contributed by atoms with van der Waals surface area (Å²) >= 11 is 0. The number of rotatable bonds is 3. The normalized spacial score (nSPS) is 17.5. The van der Waals surface area contributed by atoms with E-state index < -0.39 is 16.1 Å². The number of aryl methyl sites for hydroxylation is 1. The number of nitrogens with zero attached hydrogens (tertiary/aromatic N) is 4. The zero-order valence-corrected chi connectivity index (χ0v) is 15.3. The van der Waals surface area contributed by atoms with E-state index in [0.29, 0.717) is 11.9 Å². The minimum Gasteiger partial charge on any atom is -0.253 e. The molecule has 0 bridgehead atoms. The van der Waals surface area contributed by atoms with Crippen molar-refractivity contribution < 1.29 is 8.42 Å². The maximum absolute atomic E-state index is 12.4. The predicted molar refractivity (Wildman–Crippen MR) is 101 cm³/mol. The van der Waals surface area contributed by atoms with Gasteiger partial charge in [0.1, 0.15) is 0 Å². The molecule has 0 radical (unpaired) electrons. The molecular weight excluding hydrogens is 348 g/mol. The van der Waals surface area contributed by atoms with Gasteiger partial charge in [-0.2, -0.15) is 9.52 Å². The average molecular weight is 366 g/mol. The summed E-state index contributed by atoms with van der Waals surface area (Å²) < 4.78 is 25.9. The minimum atomic E-state index is -3.52. The van der Waals surface area contributed by atoms with Gasteiger partial charge in [-0.25, -0.2) is 8.42 Å². The monoisotopic (exact) mass is 366 g/mol. The summed E-state index contributed by atoms with van der Waals surface area (Å²) in [5.41, 5.74) is 5.08. The number of hydrogen-bond donors (Lipinski definition) is 0. The summed E-state index contributed by atoms with van der Waals surface area (Å²) in [6.07, 6.45) is 4.92. The molecule has 0 spiro atoms. The molecule has 1 aromatic heterocycles. The number of hydrazone groups is 1. The lowest BCUT2D eigenvalue weighted by Gasteiger charge is -2.22. The quantitative estimate of drug-likeness (QED) is 0.714. The highest BCUT2D eigenvalue weighted by Crippen LogP contribution is 2.36. The van der Waals surface area contributed by atoms with Crippen LogP contribution in [-0.2, 0) is 10.0 Å². The van der Waals surface area contributed by atoms with Gasteiger partial charge in [-0.05, 0) is 18.6 Å². The van der Waals surface area contributed by atoms with Gasteiger partial charge >= 0.3 is 0 Å². The number of hydrogen-bond acceptors (Lipinski definition) is 5. The molecule has 2 heterocycles. The molecule has 132 valence electrons. The van der Waals surface area contributed by atoms with E-state index in [-0.39, 0.29) is 0 Å². The van der Waals surface area contributed by atoms with Crippen LogP contribution < -0.4 is 0 Å². The first-order chi connectivity index (χ1) is 12.4. The fourth-order valence-electron chi connectivity index (χ4n) is 3.23. The van der Waals surface area contributed by atoms with Gasteiger partial charge in [-0.3, -0.25) is 9.97 Å². The maximum Gasteiger partial charge on any atom is 0.247 e. The molecule has 1 atom stereocenters. The van der Waals surface area contributed by atoms with Gasteiger partial charge < -0.3 is 0 Å². The summed E-state index contributed by atoms with van der Waals surface area (Å²) in [5, 5.41) is 4.44. The van der Waals surface area contributed by atoms with Crippen molar-refractivity contribution in [2.24, 2.45) is 5.10 Å². The molecule has 0 amide bonds. The SMILES string of the molecule is Cc1ccc(C2=NN(S(C)(=O)=O)C(c3cccc4nccnc34)C2)cc1. The smallest absolute Gasteiger partial charge is 0.247 e. The van der Waals surface area contributed by atoms with Gasteiger partial charge in [-0.15, -0.1) is 0 Å². The third-order valence-corrected chi connectivity index (χ3v) is 5.50. The number of para-hydroxylation sites is 1. The molecule has 6 nitrogen and oxygen atoms in total. The van der Waals surface area contributed by atoms with E-state index in [9.17, 15) is 8.42 Å². The molecule has 1 unspecified atom stereocenters. The Morgan fingerprint density at radius 1 is 1.04 bits per heavy atom. The molecular formula is C19H18N4O2S. The number of sulfonamides is 1. The molecule has 0 fully saturated rings. The summed E-state index contributed by atoms with van der Waals surface area (Å²) in [7, 11) is -3.52. The van der Waals surface area contributed by atoms with Gasteiger partial charge in [-0.1, -0.05) is 42.0 Å². The van der Waals surface area contributed by atoms with Crippen molar-refractivity contribution >= 4 is 26.8 Å². The van der Waals surface area contributed by atoms with Crippen LogP contribution in [0.2, 0.25) is 0 Å². The van der Waals surface area contributed by atoms with Gasteiger partial charge in [0.2, 0.25) is 10.0 Å². The molecule has 7 heteroatoms. The third-order valence-electron chi connectivity index (χ3n) is 4.49. The topological polar surface area (TPSA) is 75.5 Å². The molecule has 0 saturated carbocycles. The van der Waals surface area contributed by atoms with Crippen LogP contribution in [0.15, 0.2) is 60.0 Å². The molecule has 0 saturated heterocycles. The van der Waals surface area contributed by atoms with Crippen LogP contribution in [0.3, 0.4) is 0 Å². The van der Waals surface area contributed by atoms with Gasteiger partial charge in [0, 0.05) is 24.4 Å². The van der Waals surface area contributed by atoms with E-state index in [1.165, 1.54) is 10.7 Å². The lowest BCUT2D eigenvalue weighted by Crippen LogP contribution is -2.26. The van der Waals surface area contributed by atoms with Crippen LogP contribution in [0.4, 0.5) is 0 Å². The van der Waals surface area contributed by atoms with Crippen molar-refractivity contribution in [3.05, 3.63) is 71.5 Å². The molecule has 1 aliphatic rings. The average Bonchev–Trinajstić information content (AvgIpc) is 3.07. The molecule has 3 aromatic rings. The number of benzene rings is 2. The van der Waals surface area contributed by atoms with Crippen molar-refractivity contribution in [2.45, 2.75) is 19.4 Å². The zero-order chi connectivity index (χ0) is 18.3. The lowest BCUT2D eigenvalue weighted by molar-refractivity contribution is 0.376. The fraction of sp³-hybridized carbons (Fsp3) is 0.211. The van der Waals surface area contributed by atoms with Crippen molar-refractivity contribution in [1.29, 1.82) is 0 Å². The van der Waals surface area contributed by atoms with E-state index in [2.05, 4.69) is 15.1 Å². The van der Waals surface area contributed by atoms with Gasteiger partial charge in [0.15, 0.2) is 0 Å². The summed E-state index contributed by atoms with van der Waals surface area (Å²) in [5.74, 6) is 0. The largest absolute Gasteiger partial charge is 0.253 e. The first-order valence-electron chi connectivity index (χ1n) is 8.27. The van der Waals surface area contributed by atoms with Crippen molar-refractivity contribution in [3.8, 4) is 0 Å². The van der Waals surface area contributed by atoms with E-state index >= 15 is 0 Å². The zero-order valence-electron chi connectivity index (χ0n) is 14.5. The standard InChI is InChI=1S/C19H18N4O2S/c1-13-6-8-14(9-7-13)17-12-18(23(22-17)26(2,24)25)15-4-3-5-16-19(15)21-11-10-20-16/h3-11,18H,12H2,1-2H3. The molecule has 1 aliphatic heterocycles. The van der Waals surface area contributed by atoms with Crippen LogP contribution in [0.1, 0.15) is 29.2 Å². The second kappa shape index (κ2) is 6.17. The Kier molecular flexibility index (Phi) is 3.96. The summed E-state index contributed by atoms with van der Waals surface area (Å²) in [6, 6.07) is 13.2. The molecule has 0 N–H and O–H groups in total. The fourth-order valence-corrected chi connectivity index (χ4v) is 4.13. The highest BCUT2D eigenvalue weighted by molar-refractivity contribution is 7.88.